The number of esters is 1. The van der Waals surface area contributed by atoms with Crippen molar-refractivity contribution < 1.29 is 14.6 Å². The van der Waals surface area contributed by atoms with E-state index in [-0.39, 0.29) is 5.97 Å². The summed E-state index contributed by atoms with van der Waals surface area (Å²) in [6.07, 6.45) is 3.49. The Balaban J connectivity index is 4.45. The van der Waals surface area contributed by atoms with Gasteiger partial charge in [0.25, 0.3) is 0 Å². The number of carbonyl (C=O) groups is 1. The Hall–Kier alpha value is -0.830. The predicted molar refractivity (Wildman–Crippen MR) is 51.3 cm³/mol. The zero-order chi connectivity index (χ0) is 10.5. The van der Waals surface area contributed by atoms with Crippen molar-refractivity contribution in [2.24, 2.45) is 0 Å². The van der Waals surface area contributed by atoms with Gasteiger partial charge in [0, 0.05) is 6.92 Å². The van der Waals surface area contributed by atoms with Crippen molar-refractivity contribution >= 4 is 5.97 Å². The molecule has 0 aliphatic heterocycles. The Bertz CT molecular complexity index is 194. The summed E-state index contributed by atoms with van der Waals surface area (Å²) in [5, 5.41) is 9.86. The zero-order valence-electron chi connectivity index (χ0n) is 8.70. The number of ether oxygens (including phenoxy) is 1. The second kappa shape index (κ2) is 5.02. The molecule has 0 fully saturated rings. The number of rotatable bonds is 4. The lowest BCUT2D eigenvalue weighted by Gasteiger charge is -2.28. The van der Waals surface area contributed by atoms with E-state index >= 15 is 0 Å². The summed E-state index contributed by atoms with van der Waals surface area (Å²) in [4.78, 5) is 10.7. The van der Waals surface area contributed by atoms with E-state index in [4.69, 9.17) is 4.74 Å². The normalized spacial score (nSPS) is 18.2. The SMILES string of the molecule is C/C=C/C(C)(O)C(CC)OC(C)=O. The van der Waals surface area contributed by atoms with Crippen molar-refractivity contribution in [3.05, 3.63) is 12.2 Å². The fourth-order valence-electron chi connectivity index (χ4n) is 1.26. The van der Waals surface area contributed by atoms with Crippen LogP contribution >= 0.6 is 0 Å². The highest BCUT2D eigenvalue weighted by atomic mass is 16.6. The van der Waals surface area contributed by atoms with E-state index in [1.54, 1.807) is 19.1 Å². The molecular formula is C10H18O3. The van der Waals surface area contributed by atoms with Gasteiger partial charge in [0.2, 0.25) is 0 Å². The quantitative estimate of drug-likeness (QED) is 0.536. The Morgan fingerprint density at radius 2 is 2.23 bits per heavy atom. The maximum atomic E-state index is 10.7. The first-order chi connectivity index (χ1) is 5.94. The molecule has 0 saturated carbocycles. The van der Waals surface area contributed by atoms with E-state index in [9.17, 15) is 9.90 Å². The first-order valence-corrected chi connectivity index (χ1v) is 4.47. The maximum Gasteiger partial charge on any atom is 0.303 e. The van der Waals surface area contributed by atoms with Crippen LogP contribution in [0.4, 0.5) is 0 Å². The van der Waals surface area contributed by atoms with E-state index in [0.717, 1.165) is 0 Å². The van der Waals surface area contributed by atoms with Gasteiger partial charge in [0.15, 0.2) is 0 Å². The Morgan fingerprint density at radius 3 is 2.54 bits per heavy atom. The molecule has 0 amide bonds. The van der Waals surface area contributed by atoms with E-state index < -0.39 is 11.7 Å². The van der Waals surface area contributed by atoms with Crippen molar-refractivity contribution in [3.8, 4) is 0 Å². The largest absolute Gasteiger partial charge is 0.459 e. The maximum absolute atomic E-state index is 10.7. The van der Waals surface area contributed by atoms with Gasteiger partial charge >= 0.3 is 5.97 Å². The van der Waals surface area contributed by atoms with Gasteiger partial charge in [-0.15, -0.1) is 0 Å². The second-order valence-electron chi connectivity index (χ2n) is 3.23. The van der Waals surface area contributed by atoms with Gasteiger partial charge < -0.3 is 9.84 Å². The molecule has 76 valence electrons. The third-order valence-corrected chi connectivity index (χ3v) is 1.83. The first-order valence-electron chi connectivity index (χ1n) is 4.47. The first kappa shape index (κ1) is 12.2. The lowest BCUT2D eigenvalue weighted by atomic mass is 9.96. The number of carbonyl (C=O) groups excluding carboxylic acids is 1. The molecule has 0 rings (SSSR count). The van der Waals surface area contributed by atoms with Crippen LogP contribution < -0.4 is 0 Å². The van der Waals surface area contributed by atoms with Gasteiger partial charge in [-0.1, -0.05) is 19.1 Å². The van der Waals surface area contributed by atoms with Crippen LogP contribution in [0, 0.1) is 0 Å². The van der Waals surface area contributed by atoms with Crippen molar-refractivity contribution in [3.63, 3.8) is 0 Å². The Morgan fingerprint density at radius 1 is 1.69 bits per heavy atom. The third-order valence-electron chi connectivity index (χ3n) is 1.83. The summed E-state index contributed by atoms with van der Waals surface area (Å²) < 4.78 is 4.98. The molecule has 3 heteroatoms. The van der Waals surface area contributed by atoms with E-state index in [1.165, 1.54) is 6.92 Å². The van der Waals surface area contributed by atoms with E-state index in [2.05, 4.69) is 0 Å². The minimum atomic E-state index is -1.07. The van der Waals surface area contributed by atoms with Gasteiger partial charge in [-0.25, -0.2) is 0 Å². The van der Waals surface area contributed by atoms with Crippen LogP contribution in [0.1, 0.15) is 34.1 Å². The monoisotopic (exact) mass is 186 g/mol. The second-order valence-corrected chi connectivity index (χ2v) is 3.23. The summed E-state index contributed by atoms with van der Waals surface area (Å²) >= 11 is 0. The summed E-state index contributed by atoms with van der Waals surface area (Å²) in [6, 6.07) is 0. The average Bonchev–Trinajstić information content (AvgIpc) is 1.99. The zero-order valence-corrected chi connectivity index (χ0v) is 8.70. The van der Waals surface area contributed by atoms with Crippen LogP contribution in [0.2, 0.25) is 0 Å². The van der Waals surface area contributed by atoms with Crippen LogP contribution in [-0.2, 0) is 9.53 Å². The number of allylic oxidation sites excluding steroid dienone is 1. The number of hydrogen-bond acceptors (Lipinski definition) is 3. The highest BCUT2D eigenvalue weighted by Crippen LogP contribution is 2.18. The molecule has 3 nitrogen and oxygen atoms in total. The summed E-state index contributed by atoms with van der Waals surface area (Å²) in [6.45, 7) is 6.65. The highest BCUT2D eigenvalue weighted by molar-refractivity contribution is 5.66. The van der Waals surface area contributed by atoms with Crippen molar-refractivity contribution in [1.82, 2.24) is 0 Å². The van der Waals surface area contributed by atoms with Crippen molar-refractivity contribution in [1.29, 1.82) is 0 Å². The van der Waals surface area contributed by atoms with E-state index in [0.29, 0.717) is 6.42 Å². The molecule has 13 heavy (non-hydrogen) atoms. The van der Waals surface area contributed by atoms with Crippen molar-refractivity contribution in [2.75, 3.05) is 0 Å². The molecule has 0 radical (unpaired) electrons. The minimum absolute atomic E-state index is 0.364. The highest BCUT2D eigenvalue weighted by Gasteiger charge is 2.30. The molecule has 0 aromatic heterocycles. The molecule has 2 unspecified atom stereocenters. The summed E-state index contributed by atoms with van der Waals surface area (Å²) in [5.41, 5.74) is -1.07. The van der Waals surface area contributed by atoms with Gasteiger partial charge in [-0.2, -0.15) is 0 Å². The number of hydrogen-bond donors (Lipinski definition) is 1. The van der Waals surface area contributed by atoms with Crippen LogP contribution in [0.3, 0.4) is 0 Å². The summed E-state index contributed by atoms with van der Waals surface area (Å²) in [5.74, 6) is -0.364. The van der Waals surface area contributed by atoms with Gasteiger partial charge in [-0.05, 0) is 20.3 Å². The predicted octanol–water partition coefficient (Wildman–Crippen LogP) is 1.66. The van der Waals surface area contributed by atoms with Crippen LogP contribution in [0.5, 0.6) is 0 Å². The molecule has 0 aromatic carbocycles. The topological polar surface area (TPSA) is 46.5 Å². The third kappa shape index (κ3) is 4.08. The average molecular weight is 186 g/mol. The molecule has 0 aliphatic rings. The van der Waals surface area contributed by atoms with Crippen molar-refractivity contribution in [2.45, 2.75) is 45.8 Å². The van der Waals surface area contributed by atoms with Gasteiger partial charge in [0.1, 0.15) is 11.7 Å². The fourth-order valence-corrected chi connectivity index (χ4v) is 1.26. The minimum Gasteiger partial charge on any atom is -0.459 e. The molecular weight excluding hydrogens is 168 g/mol. The smallest absolute Gasteiger partial charge is 0.303 e. The molecule has 0 aliphatic carbocycles. The van der Waals surface area contributed by atoms with Gasteiger partial charge in [-0.3, -0.25) is 4.79 Å². The van der Waals surface area contributed by atoms with Crippen LogP contribution in [0.15, 0.2) is 12.2 Å². The van der Waals surface area contributed by atoms with Crippen LogP contribution in [-0.4, -0.2) is 22.8 Å². The molecule has 2 atom stereocenters. The van der Waals surface area contributed by atoms with E-state index in [1.807, 2.05) is 13.8 Å². The lowest BCUT2D eigenvalue weighted by Crippen LogP contribution is -2.39. The molecule has 0 saturated heterocycles. The fraction of sp³-hybridized carbons (Fsp3) is 0.700. The molecule has 0 aromatic rings. The van der Waals surface area contributed by atoms with Crippen LogP contribution in [0.25, 0.3) is 0 Å². The summed E-state index contributed by atoms with van der Waals surface area (Å²) in [7, 11) is 0. The molecule has 0 heterocycles. The molecule has 0 spiro atoms. The Labute approximate surface area is 79.4 Å². The number of aliphatic hydroxyl groups is 1. The lowest BCUT2D eigenvalue weighted by molar-refractivity contribution is -0.156. The standard InChI is InChI=1S/C10H18O3/c1-5-7-10(4,12)9(6-2)13-8(3)11/h5,7,9,12H,6H2,1-4H3/b7-5+. The molecule has 0 bridgehead atoms. The van der Waals surface area contributed by atoms with Gasteiger partial charge in [0.05, 0.1) is 0 Å². The molecule has 1 N–H and O–H groups in total. The Kier molecular flexibility index (Phi) is 4.70.